The zero-order chi connectivity index (χ0) is 16.7. The highest BCUT2D eigenvalue weighted by Crippen LogP contribution is 2.36. The minimum atomic E-state index is -0.497. The first kappa shape index (κ1) is 17.8. The van der Waals surface area contributed by atoms with Gasteiger partial charge >= 0.3 is 0 Å². The normalized spacial score (nSPS) is 22.4. The maximum absolute atomic E-state index is 10.3. The predicted octanol–water partition coefficient (Wildman–Crippen LogP) is -1.75. The number of aliphatic hydroxyl groups excluding tert-OH is 1. The molecule has 130 valence electrons. The van der Waals surface area contributed by atoms with Crippen LogP contribution in [-0.4, -0.2) is 71.3 Å². The van der Waals surface area contributed by atoms with E-state index >= 15 is 0 Å². The molecule has 1 heterocycles. The zero-order valence-corrected chi connectivity index (χ0v) is 14.4. The van der Waals surface area contributed by atoms with E-state index in [0.29, 0.717) is 23.8 Å². The standard InChI is InChI=1S/C17H28N2O4/c1-4-18-8-10-19(11-9-18)12-14(20)13-23-17-15(21-2)6-5-7-16(17)22-3/h5-7,14,20H,4,8-13H2,1-3H3/p+2/t14-/m0/s1. The summed E-state index contributed by atoms with van der Waals surface area (Å²) < 4.78 is 16.4. The second-order valence-electron chi connectivity index (χ2n) is 6.01. The molecule has 0 aliphatic carbocycles. The van der Waals surface area contributed by atoms with Crippen LogP contribution in [0.4, 0.5) is 0 Å². The molecule has 6 nitrogen and oxygen atoms in total. The van der Waals surface area contributed by atoms with Crippen molar-refractivity contribution in [3.05, 3.63) is 18.2 Å². The Balaban J connectivity index is 1.84. The average molecular weight is 326 g/mol. The number of rotatable bonds is 8. The summed E-state index contributed by atoms with van der Waals surface area (Å²) in [6, 6.07) is 5.49. The van der Waals surface area contributed by atoms with Crippen LogP contribution in [-0.2, 0) is 0 Å². The lowest BCUT2D eigenvalue weighted by Crippen LogP contribution is -3.28. The van der Waals surface area contributed by atoms with Crippen molar-refractivity contribution in [1.29, 1.82) is 0 Å². The summed E-state index contributed by atoms with van der Waals surface area (Å²) in [5, 5.41) is 10.3. The van der Waals surface area contributed by atoms with Crippen molar-refractivity contribution < 1.29 is 29.1 Å². The van der Waals surface area contributed by atoms with Crippen molar-refractivity contribution in [2.24, 2.45) is 0 Å². The van der Waals surface area contributed by atoms with Crippen LogP contribution in [0.2, 0.25) is 0 Å². The summed E-state index contributed by atoms with van der Waals surface area (Å²) in [6.07, 6.45) is -0.497. The molecule has 0 saturated carbocycles. The van der Waals surface area contributed by atoms with Gasteiger partial charge in [0.1, 0.15) is 45.4 Å². The second kappa shape index (κ2) is 8.96. The number of methoxy groups -OCH3 is 2. The molecule has 0 spiro atoms. The van der Waals surface area contributed by atoms with Gasteiger partial charge in [-0.15, -0.1) is 0 Å². The maximum Gasteiger partial charge on any atom is 0.203 e. The number of para-hydroxylation sites is 1. The molecule has 3 N–H and O–H groups in total. The molecule has 1 atom stereocenters. The van der Waals surface area contributed by atoms with Gasteiger partial charge in [-0.25, -0.2) is 0 Å². The number of ether oxygens (including phenoxy) is 3. The number of likely N-dealkylation sites (N-methyl/N-ethyl adjacent to an activating group) is 1. The number of hydrogen-bond acceptors (Lipinski definition) is 4. The Morgan fingerprint density at radius 2 is 1.61 bits per heavy atom. The lowest BCUT2D eigenvalue weighted by atomic mass is 10.2. The van der Waals surface area contributed by atoms with Gasteiger partial charge in [0.2, 0.25) is 5.75 Å². The third-order valence-corrected chi connectivity index (χ3v) is 4.49. The van der Waals surface area contributed by atoms with Crippen LogP contribution < -0.4 is 24.0 Å². The van der Waals surface area contributed by atoms with Crippen molar-refractivity contribution in [3.8, 4) is 17.2 Å². The highest BCUT2D eigenvalue weighted by Gasteiger charge is 2.24. The van der Waals surface area contributed by atoms with Crippen LogP contribution in [0.5, 0.6) is 17.2 Å². The van der Waals surface area contributed by atoms with Crippen LogP contribution in [0.15, 0.2) is 18.2 Å². The van der Waals surface area contributed by atoms with Crippen LogP contribution in [0.1, 0.15) is 6.92 Å². The fourth-order valence-electron chi connectivity index (χ4n) is 3.05. The van der Waals surface area contributed by atoms with Crippen LogP contribution in [0.3, 0.4) is 0 Å². The van der Waals surface area contributed by atoms with Gasteiger partial charge in [0.05, 0.1) is 20.8 Å². The van der Waals surface area contributed by atoms with Crippen molar-refractivity contribution in [2.45, 2.75) is 13.0 Å². The summed E-state index contributed by atoms with van der Waals surface area (Å²) in [6.45, 7) is 8.95. The van der Waals surface area contributed by atoms with E-state index in [-0.39, 0.29) is 6.61 Å². The number of aliphatic hydroxyl groups is 1. The van der Waals surface area contributed by atoms with Gasteiger partial charge in [-0.05, 0) is 19.1 Å². The molecular formula is C17H30N2O4+2. The Kier molecular flexibility index (Phi) is 6.95. The van der Waals surface area contributed by atoms with Crippen molar-refractivity contribution in [2.75, 3.05) is 60.1 Å². The molecule has 1 aromatic carbocycles. The predicted molar refractivity (Wildman–Crippen MR) is 87.8 cm³/mol. The van der Waals surface area contributed by atoms with Crippen molar-refractivity contribution >= 4 is 0 Å². The van der Waals surface area contributed by atoms with E-state index in [1.54, 1.807) is 19.1 Å². The average Bonchev–Trinajstić information content (AvgIpc) is 2.60. The quantitative estimate of drug-likeness (QED) is 0.530. The summed E-state index contributed by atoms with van der Waals surface area (Å²) in [5.41, 5.74) is 0. The summed E-state index contributed by atoms with van der Waals surface area (Å²) >= 11 is 0. The number of piperazine rings is 1. The smallest absolute Gasteiger partial charge is 0.203 e. The topological polar surface area (TPSA) is 56.8 Å². The molecule has 0 bridgehead atoms. The fraction of sp³-hybridized carbons (Fsp3) is 0.647. The van der Waals surface area contributed by atoms with Gasteiger partial charge in [0, 0.05) is 0 Å². The summed E-state index contributed by atoms with van der Waals surface area (Å²) in [5.74, 6) is 1.78. The molecule has 0 radical (unpaired) electrons. The van der Waals surface area contributed by atoms with Crippen LogP contribution in [0, 0.1) is 0 Å². The molecule has 6 heteroatoms. The number of benzene rings is 1. The van der Waals surface area contributed by atoms with Crippen molar-refractivity contribution in [3.63, 3.8) is 0 Å². The van der Waals surface area contributed by atoms with Crippen molar-refractivity contribution in [1.82, 2.24) is 0 Å². The van der Waals surface area contributed by atoms with E-state index in [0.717, 1.165) is 13.1 Å². The van der Waals surface area contributed by atoms with Gasteiger partial charge in [0.15, 0.2) is 11.5 Å². The molecule has 2 rings (SSSR count). The molecule has 1 aromatic rings. The first-order chi connectivity index (χ1) is 11.2. The SMILES string of the molecule is CC[NH+]1CC[NH+](C[C@H](O)COc2c(OC)cccc2OC)CC1. The molecule has 1 saturated heterocycles. The highest BCUT2D eigenvalue weighted by atomic mass is 16.5. The van der Waals surface area contributed by atoms with Crippen LogP contribution in [0.25, 0.3) is 0 Å². The van der Waals surface area contributed by atoms with E-state index in [2.05, 4.69) is 6.92 Å². The lowest BCUT2D eigenvalue weighted by molar-refractivity contribution is -1.01. The van der Waals surface area contributed by atoms with Gasteiger partial charge in [0.25, 0.3) is 0 Å². The summed E-state index contributed by atoms with van der Waals surface area (Å²) in [7, 11) is 3.19. The molecule has 0 amide bonds. The first-order valence-corrected chi connectivity index (χ1v) is 8.36. The maximum atomic E-state index is 10.3. The minimum Gasteiger partial charge on any atom is -0.493 e. The molecule has 1 fully saturated rings. The second-order valence-corrected chi connectivity index (χ2v) is 6.01. The molecule has 23 heavy (non-hydrogen) atoms. The third kappa shape index (κ3) is 4.99. The lowest BCUT2D eigenvalue weighted by Gasteiger charge is -2.30. The largest absolute Gasteiger partial charge is 0.493 e. The highest BCUT2D eigenvalue weighted by molar-refractivity contribution is 5.51. The Morgan fingerprint density at radius 3 is 2.13 bits per heavy atom. The monoisotopic (exact) mass is 326 g/mol. The number of nitrogens with one attached hydrogen (secondary N) is 2. The molecular weight excluding hydrogens is 296 g/mol. The first-order valence-electron chi connectivity index (χ1n) is 8.36. The molecule has 0 aromatic heterocycles. The molecule has 0 unspecified atom stereocenters. The van der Waals surface area contributed by atoms with E-state index < -0.39 is 6.10 Å². The Bertz CT molecular complexity index is 453. The van der Waals surface area contributed by atoms with Gasteiger partial charge in [-0.1, -0.05) is 6.07 Å². The van der Waals surface area contributed by atoms with Gasteiger partial charge in [-0.3, -0.25) is 0 Å². The van der Waals surface area contributed by atoms with Gasteiger partial charge < -0.3 is 29.1 Å². The molecule has 1 aliphatic rings. The number of quaternary nitrogens is 2. The fourth-order valence-corrected chi connectivity index (χ4v) is 3.05. The Morgan fingerprint density at radius 1 is 1.04 bits per heavy atom. The van der Waals surface area contributed by atoms with E-state index in [1.807, 2.05) is 18.2 Å². The van der Waals surface area contributed by atoms with E-state index in [1.165, 1.54) is 24.5 Å². The zero-order valence-electron chi connectivity index (χ0n) is 14.4. The third-order valence-electron chi connectivity index (χ3n) is 4.49. The van der Waals surface area contributed by atoms with Crippen LogP contribution >= 0.6 is 0 Å². The Hall–Kier alpha value is -1.50. The molecule has 1 aliphatic heterocycles. The number of hydrogen-bond donors (Lipinski definition) is 3. The minimum absolute atomic E-state index is 0.241. The summed E-state index contributed by atoms with van der Waals surface area (Å²) in [4.78, 5) is 3.10. The Labute approximate surface area is 138 Å². The van der Waals surface area contributed by atoms with Gasteiger partial charge in [-0.2, -0.15) is 0 Å². The van der Waals surface area contributed by atoms with E-state index in [4.69, 9.17) is 14.2 Å². The van der Waals surface area contributed by atoms with E-state index in [9.17, 15) is 5.11 Å².